The van der Waals surface area contributed by atoms with Crippen LogP contribution in [0.5, 0.6) is 0 Å². The Morgan fingerprint density at radius 2 is 2.07 bits per heavy atom. The van der Waals surface area contributed by atoms with Crippen molar-refractivity contribution < 1.29 is 39.0 Å². The van der Waals surface area contributed by atoms with Crippen molar-refractivity contribution in [2.45, 2.75) is 5.78 Å². The second-order valence-electron chi connectivity index (χ2n) is 2.80. The van der Waals surface area contributed by atoms with Crippen molar-refractivity contribution in [3.8, 4) is 0 Å². The van der Waals surface area contributed by atoms with Gasteiger partial charge in [-0.15, -0.1) is 6.58 Å². The maximum Gasteiger partial charge on any atom is 1.00 e. The summed E-state index contributed by atoms with van der Waals surface area (Å²) in [6.07, 6.45) is 1.63. The third kappa shape index (κ3) is 5.03. The molecule has 0 aliphatic rings. The zero-order valence-electron chi connectivity index (χ0n) is 8.72. The maximum absolute atomic E-state index is 10.9. The maximum atomic E-state index is 10.9. The number of hydrogen-bond acceptors (Lipinski definition) is 3. The van der Waals surface area contributed by atoms with Gasteiger partial charge in [-0.3, -0.25) is 5.32 Å². The molecule has 0 heterocycles. The summed E-state index contributed by atoms with van der Waals surface area (Å²) >= 11 is 0. The monoisotopic (exact) mass is 232 g/mol. The Morgan fingerprint density at radius 1 is 1.47 bits per heavy atom. The molecule has 0 aliphatic heterocycles. The van der Waals surface area contributed by atoms with Crippen LogP contribution >= 0.6 is 8.03 Å². The molecule has 1 aromatic carbocycles. The molecule has 15 heavy (non-hydrogen) atoms. The van der Waals surface area contributed by atoms with Crippen molar-refractivity contribution in [2.24, 2.45) is 0 Å². The van der Waals surface area contributed by atoms with E-state index in [0.29, 0.717) is 6.54 Å². The molecule has 0 radical (unpaired) electrons. The minimum absolute atomic E-state index is 0. The fourth-order valence-corrected chi connectivity index (χ4v) is 1.81. The molecule has 0 saturated carbocycles. The van der Waals surface area contributed by atoms with E-state index in [1.165, 1.54) is 0 Å². The van der Waals surface area contributed by atoms with Gasteiger partial charge in [0.05, 0.1) is 0 Å². The van der Waals surface area contributed by atoms with Crippen LogP contribution in [-0.2, 0) is 4.57 Å². The summed E-state index contributed by atoms with van der Waals surface area (Å²) in [4.78, 5) is 10.9. The third-order valence-electron chi connectivity index (χ3n) is 1.78. The van der Waals surface area contributed by atoms with E-state index >= 15 is 0 Å². The van der Waals surface area contributed by atoms with E-state index in [1.54, 1.807) is 18.2 Å². The Morgan fingerprint density at radius 3 is 2.53 bits per heavy atom. The molecule has 0 aromatic heterocycles. The predicted molar refractivity (Wildman–Crippen MR) is 55.0 cm³/mol. The van der Waals surface area contributed by atoms with Gasteiger partial charge in [0.2, 0.25) is 5.78 Å². The van der Waals surface area contributed by atoms with E-state index < -0.39 is 13.8 Å². The Balaban J connectivity index is 0.00000196. The summed E-state index contributed by atoms with van der Waals surface area (Å²) < 4.78 is 10.9. The summed E-state index contributed by atoms with van der Waals surface area (Å²) in [6.45, 7) is 4.00. The first-order valence-corrected chi connectivity index (χ1v) is 5.53. The molecule has 1 N–H and O–H groups in total. The number of benzene rings is 1. The van der Waals surface area contributed by atoms with E-state index in [4.69, 9.17) is 0 Å². The molecular weight excluding hydrogens is 220 g/mol. The van der Waals surface area contributed by atoms with Crippen LogP contribution in [0.25, 0.3) is 0 Å². The van der Waals surface area contributed by atoms with Crippen molar-refractivity contribution in [3.05, 3.63) is 48.6 Å². The van der Waals surface area contributed by atoms with E-state index in [2.05, 4.69) is 11.9 Å². The van der Waals surface area contributed by atoms with Crippen LogP contribution in [0.3, 0.4) is 0 Å². The second kappa shape index (κ2) is 8.17. The van der Waals surface area contributed by atoms with Gasteiger partial charge in [0, 0.05) is 12.1 Å². The minimum atomic E-state index is -2.51. The van der Waals surface area contributed by atoms with Gasteiger partial charge in [-0.25, -0.2) is 0 Å². The van der Waals surface area contributed by atoms with E-state index in [9.17, 15) is 9.46 Å². The first-order chi connectivity index (χ1) is 6.75. The number of nitrogens with one attached hydrogen (secondary N) is 1. The molecule has 0 amide bonds. The Kier molecular flexibility index (Phi) is 8.16. The van der Waals surface area contributed by atoms with Crippen molar-refractivity contribution in [3.63, 3.8) is 0 Å². The molecule has 0 saturated heterocycles. The molecule has 2 atom stereocenters. The summed E-state index contributed by atoms with van der Waals surface area (Å²) in [7, 11) is -2.51. The molecule has 0 fully saturated rings. The quantitative estimate of drug-likeness (QED) is 0.384. The molecule has 5 heteroatoms. The molecule has 0 bridgehead atoms. The smallest absolute Gasteiger partial charge is 0.594 e. The van der Waals surface area contributed by atoms with E-state index in [1.807, 2.05) is 18.2 Å². The fraction of sp³-hybridized carbons (Fsp3) is 0.200. The van der Waals surface area contributed by atoms with Gasteiger partial charge >= 0.3 is 37.6 Å². The summed E-state index contributed by atoms with van der Waals surface area (Å²) in [6, 6.07) is 9.05. The standard InChI is InChI=1S/C10H12NO2P.Na/c1-2-8-11-10(14(12)13)9-6-4-3-5-7-9;/h2-7,10-11H,1,8H2;/q;+1. The largest absolute Gasteiger partial charge is 1.00 e. The second-order valence-corrected chi connectivity index (χ2v) is 3.88. The topological polar surface area (TPSA) is 52.2 Å². The molecule has 0 spiro atoms. The van der Waals surface area contributed by atoms with Crippen LogP contribution < -0.4 is 39.8 Å². The fourth-order valence-electron chi connectivity index (χ4n) is 1.14. The van der Waals surface area contributed by atoms with Gasteiger partial charge in [-0.1, -0.05) is 41.0 Å². The summed E-state index contributed by atoms with van der Waals surface area (Å²) in [5, 5.41) is 2.87. The average molecular weight is 232 g/mol. The van der Waals surface area contributed by atoms with Crippen molar-refractivity contribution in [2.75, 3.05) is 6.54 Å². The zero-order chi connectivity index (χ0) is 10.4. The van der Waals surface area contributed by atoms with Crippen LogP contribution in [0.1, 0.15) is 11.3 Å². The van der Waals surface area contributed by atoms with Crippen LogP contribution in [-0.4, -0.2) is 6.54 Å². The van der Waals surface area contributed by atoms with Gasteiger partial charge in [0.25, 0.3) is 0 Å². The molecule has 3 nitrogen and oxygen atoms in total. The number of hydrogen-bond donors (Lipinski definition) is 1. The van der Waals surface area contributed by atoms with Gasteiger partial charge in [-0.05, 0) is 0 Å². The normalized spacial score (nSPS) is 12.5. The van der Waals surface area contributed by atoms with Gasteiger partial charge in [0.1, 0.15) is 0 Å². The molecule has 1 aromatic rings. The van der Waals surface area contributed by atoms with Crippen molar-refractivity contribution >= 4 is 8.03 Å². The van der Waals surface area contributed by atoms with E-state index in [-0.39, 0.29) is 29.6 Å². The molecule has 0 aliphatic carbocycles. The van der Waals surface area contributed by atoms with Gasteiger partial charge in [-0.2, -0.15) is 0 Å². The third-order valence-corrected chi connectivity index (χ3v) is 2.68. The van der Waals surface area contributed by atoms with Crippen LogP contribution in [0.15, 0.2) is 43.0 Å². The summed E-state index contributed by atoms with van der Waals surface area (Å²) in [5.74, 6) is -0.621. The molecular formula is C10H12NNaO2P+. The molecule has 1 rings (SSSR count). The Hall–Kier alpha value is -0.0200. The van der Waals surface area contributed by atoms with Crippen molar-refractivity contribution in [1.82, 2.24) is 5.32 Å². The van der Waals surface area contributed by atoms with Crippen LogP contribution in [0.4, 0.5) is 0 Å². The van der Waals surface area contributed by atoms with Crippen LogP contribution in [0, 0.1) is 0 Å². The zero-order valence-corrected chi connectivity index (χ0v) is 11.6. The van der Waals surface area contributed by atoms with Crippen molar-refractivity contribution in [1.29, 1.82) is 0 Å². The SMILES string of the molecule is C=CCNC(c1ccccc1)[P+](=O)[O-].[Na+]. The average Bonchev–Trinajstić information content (AvgIpc) is 2.19. The van der Waals surface area contributed by atoms with E-state index in [0.717, 1.165) is 5.56 Å². The predicted octanol–water partition coefficient (Wildman–Crippen LogP) is -1.43. The molecule has 2 unspecified atom stereocenters. The Bertz CT molecular complexity index is 318. The Labute approximate surface area is 113 Å². The first kappa shape index (κ1) is 15.0. The first-order valence-electron chi connectivity index (χ1n) is 4.28. The van der Waals surface area contributed by atoms with Gasteiger partial charge in [0.15, 0.2) is 0 Å². The minimum Gasteiger partial charge on any atom is -0.594 e. The van der Waals surface area contributed by atoms with Crippen LogP contribution in [0.2, 0.25) is 0 Å². The van der Waals surface area contributed by atoms with Gasteiger partial charge < -0.3 is 4.89 Å². The summed E-state index contributed by atoms with van der Waals surface area (Å²) in [5.41, 5.74) is 0.755. The molecule has 74 valence electrons. The number of rotatable bonds is 5.